The van der Waals surface area contributed by atoms with Gasteiger partial charge in [0.05, 0.1) is 14.8 Å². The molecule has 1 heterocycles. The average Bonchev–Trinajstić information content (AvgIpc) is 2.44. The van der Waals surface area contributed by atoms with Crippen molar-refractivity contribution >= 4 is 22.6 Å². The molecule has 0 atom stereocenters. The van der Waals surface area contributed by atoms with E-state index in [0.29, 0.717) is 3.57 Å². The van der Waals surface area contributed by atoms with Crippen LogP contribution in [0.15, 0.2) is 29.1 Å². The van der Waals surface area contributed by atoms with Gasteiger partial charge in [-0.2, -0.15) is 5.26 Å². The summed E-state index contributed by atoms with van der Waals surface area (Å²) in [6.07, 6.45) is 0. The van der Waals surface area contributed by atoms with Crippen LogP contribution >= 0.6 is 22.6 Å². The molecule has 0 bridgehead atoms. The SMILES string of the molecule is Cn1c(-c2c(F)cc(OCC#N)cc2F)ccc(I)c1=O. The first kappa shape index (κ1) is 15.4. The first-order chi connectivity index (χ1) is 9.95. The third kappa shape index (κ3) is 3.05. The van der Waals surface area contributed by atoms with Crippen molar-refractivity contribution in [2.45, 2.75) is 0 Å². The molecule has 0 fully saturated rings. The van der Waals surface area contributed by atoms with E-state index in [1.165, 1.54) is 23.7 Å². The molecule has 1 aromatic carbocycles. The predicted octanol–water partition coefficient (Wildman–Crippen LogP) is 2.84. The van der Waals surface area contributed by atoms with Gasteiger partial charge in [-0.05, 0) is 34.7 Å². The summed E-state index contributed by atoms with van der Waals surface area (Å²) in [6, 6.07) is 6.65. The molecule has 2 aromatic rings. The maximum Gasteiger partial charge on any atom is 0.264 e. The summed E-state index contributed by atoms with van der Waals surface area (Å²) in [5.41, 5.74) is -0.519. The molecule has 0 aliphatic carbocycles. The largest absolute Gasteiger partial charge is 0.479 e. The standard InChI is InChI=1S/C14H9F2IN2O2/c1-19-12(3-2-11(17)14(19)20)13-9(15)6-8(7-10(13)16)21-5-4-18/h2-3,6-7H,5H2,1H3. The number of hydrogen-bond donors (Lipinski definition) is 0. The van der Waals surface area contributed by atoms with Gasteiger partial charge in [0.25, 0.3) is 5.56 Å². The monoisotopic (exact) mass is 402 g/mol. The molecule has 7 heteroatoms. The molecule has 0 saturated carbocycles. The predicted molar refractivity (Wildman–Crippen MR) is 80.9 cm³/mol. The number of halogens is 3. The van der Waals surface area contributed by atoms with Crippen LogP contribution in [0.2, 0.25) is 0 Å². The minimum atomic E-state index is -0.862. The maximum atomic E-state index is 14.1. The number of rotatable bonds is 3. The molecule has 0 N–H and O–H groups in total. The van der Waals surface area contributed by atoms with E-state index in [-0.39, 0.29) is 29.2 Å². The van der Waals surface area contributed by atoms with E-state index in [1.807, 2.05) is 22.6 Å². The van der Waals surface area contributed by atoms with Crippen LogP contribution in [0.25, 0.3) is 11.3 Å². The highest BCUT2D eigenvalue weighted by Crippen LogP contribution is 2.29. The van der Waals surface area contributed by atoms with Crippen LogP contribution in [0, 0.1) is 26.5 Å². The number of benzene rings is 1. The number of nitriles is 1. The lowest BCUT2D eigenvalue weighted by Crippen LogP contribution is -2.21. The molecule has 108 valence electrons. The van der Waals surface area contributed by atoms with Crippen LogP contribution in [-0.4, -0.2) is 11.2 Å². The summed E-state index contributed by atoms with van der Waals surface area (Å²) in [5.74, 6) is -1.80. The van der Waals surface area contributed by atoms with E-state index in [1.54, 1.807) is 6.07 Å². The second-order valence-corrected chi connectivity index (χ2v) is 5.30. The van der Waals surface area contributed by atoms with Crippen LogP contribution in [0.1, 0.15) is 0 Å². The van der Waals surface area contributed by atoms with E-state index in [0.717, 1.165) is 12.1 Å². The molecule has 0 saturated heterocycles. The Kier molecular flexibility index (Phi) is 4.57. The van der Waals surface area contributed by atoms with Crippen molar-refractivity contribution in [3.8, 4) is 23.1 Å². The highest BCUT2D eigenvalue weighted by Gasteiger charge is 2.17. The van der Waals surface area contributed by atoms with Crippen LogP contribution in [0.4, 0.5) is 8.78 Å². The molecule has 0 unspecified atom stereocenters. The number of aromatic nitrogens is 1. The molecule has 21 heavy (non-hydrogen) atoms. The normalized spacial score (nSPS) is 10.2. The van der Waals surface area contributed by atoms with Crippen molar-refractivity contribution in [3.63, 3.8) is 0 Å². The zero-order chi connectivity index (χ0) is 15.6. The second-order valence-electron chi connectivity index (χ2n) is 4.14. The molecule has 1 aromatic heterocycles. The van der Waals surface area contributed by atoms with Crippen molar-refractivity contribution in [2.24, 2.45) is 7.05 Å². The fourth-order valence-corrected chi connectivity index (χ4v) is 2.39. The van der Waals surface area contributed by atoms with E-state index in [9.17, 15) is 13.6 Å². The lowest BCUT2D eigenvalue weighted by atomic mass is 10.1. The molecule has 0 amide bonds. The Morgan fingerprint density at radius 1 is 1.33 bits per heavy atom. The topological polar surface area (TPSA) is 55.0 Å². The van der Waals surface area contributed by atoms with Crippen molar-refractivity contribution in [1.29, 1.82) is 5.26 Å². The number of hydrogen-bond acceptors (Lipinski definition) is 3. The lowest BCUT2D eigenvalue weighted by Gasteiger charge is -2.12. The minimum absolute atomic E-state index is 0.0780. The van der Waals surface area contributed by atoms with Crippen molar-refractivity contribution < 1.29 is 13.5 Å². The lowest BCUT2D eigenvalue weighted by molar-refractivity contribution is 0.363. The Morgan fingerprint density at radius 2 is 1.95 bits per heavy atom. The first-order valence-corrected chi connectivity index (χ1v) is 6.88. The van der Waals surface area contributed by atoms with Gasteiger partial charge in [0.15, 0.2) is 6.61 Å². The van der Waals surface area contributed by atoms with Crippen molar-refractivity contribution in [1.82, 2.24) is 4.57 Å². The summed E-state index contributed by atoms with van der Waals surface area (Å²) < 4.78 is 34.7. The smallest absolute Gasteiger partial charge is 0.264 e. The summed E-state index contributed by atoms with van der Waals surface area (Å²) in [5, 5.41) is 8.39. The highest BCUT2D eigenvalue weighted by atomic mass is 127. The van der Waals surface area contributed by atoms with Gasteiger partial charge < -0.3 is 9.30 Å². The molecule has 2 rings (SSSR count). The van der Waals surface area contributed by atoms with E-state index in [4.69, 9.17) is 10.00 Å². The zero-order valence-corrected chi connectivity index (χ0v) is 13.0. The summed E-state index contributed by atoms with van der Waals surface area (Å²) in [6.45, 7) is -0.305. The minimum Gasteiger partial charge on any atom is -0.479 e. The molecule has 4 nitrogen and oxygen atoms in total. The van der Waals surface area contributed by atoms with Crippen LogP contribution in [0.3, 0.4) is 0 Å². The highest BCUT2D eigenvalue weighted by molar-refractivity contribution is 14.1. The van der Waals surface area contributed by atoms with Gasteiger partial charge in [-0.25, -0.2) is 8.78 Å². The third-order valence-corrected chi connectivity index (χ3v) is 3.65. The molecule has 0 aliphatic rings. The molecular formula is C14H9F2IN2O2. The summed E-state index contributed by atoms with van der Waals surface area (Å²) >= 11 is 1.85. The molecule has 0 spiro atoms. The Labute approximate surface area is 132 Å². The van der Waals surface area contributed by atoms with Gasteiger partial charge >= 0.3 is 0 Å². The fourth-order valence-electron chi connectivity index (χ4n) is 1.85. The molecular weight excluding hydrogens is 393 g/mol. The Bertz CT molecular complexity index is 774. The summed E-state index contributed by atoms with van der Waals surface area (Å²) in [7, 11) is 1.44. The Balaban J connectivity index is 2.58. The van der Waals surface area contributed by atoms with Crippen LogP contribution in [-0.2, 0) is 7.05 Å². The van der Waals surface area contributed by atoms with Gasteiger partial charge in [0, 0.05) is 19.2 Å². The fraction of sp³-hybridized carbons (Fsp3) is 0.143. The van der Waals surface area contributed by atoms with Crippen LogP contribution < -0.4 is 10.3 Å². The van der Waals surface area contributed by atoms with Crippen LogP contribution in [0.5, 0.6) is 5.75 Å². The van der Waals surface area contributed by atoms with Gasteiger partial charge in [-0.15, -0.1) is 0 Å². The molecule has 0 aliphatic heterocycles. The Morgan fingerprint density at radius 3 is 2.52 bits per heavy atom. The molecule has 0 radical (unpaired) electrons. The number of ether oxygens (including phenoxy) is 1. The van der Waals surface area contributed by atoms with Gasteiger partial charge in [0.2, 0.25) is 0 Å². The van der Waals surface area contributed by atoms with E-state index < -0.39 is 11.6 Å². The summed E-state index contributed by atoms with van der Waals surface area (Å²) in [4.78, 5) is 11.8. The maximum absolute atomic E-state index is 14.1. The van der Waals surface area contributed by atoms with E-state index in [2.05, 4.69) is 0 Å². The van der Waals surface area contributed by atoms with Crippen molar-refractivity contribution in [2.75, 3.05) is 6.61 Å². The first-order valence-electron chi connectivity index (χ1n) is 5.80. The van der Waals surface area contributed by atoms with Gasteiger partial charge in [-0.3, -0.25) is 4.79 Å². The number of nitrogens with zero attached hydrogens (tertiary/aromatic N) is 2. The zero-order valence-electron chi connectivity index (χ0n) is 10.9. The number of pyridine rings is 1. The Hall–Kier alpha value is -1.95. The average molecular weight is 402 g/mol. The van der Waals surface area contributed by atoms with Gasteiger partial charge in [-0.1, -0.05) is 0 Å². The van der Waals surface area contributed by atoms with E-state index >= 15 is 0 Å². The third-order valence-electron chi connectivity index (χ3n) is 2.83. The van der Waals surface area contributed by atoms with Crippen molar-refractivity contribution in [3.05, 3.63) is 49.8 Å². The second kappa shape index (κ2) is 6.22. The quantitative estimate of drug-likeness (QED) is 0.743. The van der Waals surface area contributed by atoms with Gasteiger partial charge in [0.1, 0.15) is 23.5 Å².